The zero-order chi connectivity index (χ0) is 14.2. The topological polar surface area (TPSA) is 24.9 Å². The van der Waals surface area contributed by atoms with Gasteiger partial charge < -0.3 is 5.32 Å². The van der Waals surface area contributed by atoms with Crippen LogP contribution in [0.25, 0.3) is 10.9 Å². The van der Waals surface area contributed by atoms with Gasteiger partial charge in [-0.05, 0) is 37.3 Å². The number of anilines is 1. The van der Waals surface area contributed by atoms with E-state index in [0.717, 1.165) is 11.2 Å². The van der Waals surface area contributed by atoms with Gasteiger partial charge in [0.1, 0.15) is 0 Å². The molecule has 0 bridgehead atoms. The summed E-state index contributed by atoms with van der Waals surface area (Å²) in [6.07, 6.45) is 5.26. The van der Waals surface area contributed by atoms with E-state index in [1.807, 2.05) is 0 Å². The molecule has 0 aliphatic heterocycles. The second kappa shape index (κ2) is 5.08. The quantitative estimate of drug-likeness (QED) is 0.836. The predicted molar refractivity (Wildman–Crippen MR) is 86.1 cm³/mol. The molecule has 1 saturated carbocycles. The van der Waals surface area contributed by atoms with Crippen LogP contribution in [0.1, 0.15) is 45.2 Å². The molecular weight excluding hydrogens is 244 g/mol. The summed E-state index contributed by atoms with van der Waals surface area (Å²) in [5, 5.41) is 5.00. The van der Waals surface area contributed by atoms with Crippen LogP contribution in [0.2, 0.25) is 0 Å². The van der Waals surface area contributed by atoms with E-state index in [0.29, 0.717) is 11.5 Å². The van der Waals surface area contributed by atoms with Crippen molar-refractivity contribution in [2.45, 2.75) is 52.5 Å². The fraction of sp³-hybridized carbons (Fsp3) is 0.500. The number of para-hydroxylation sites is 1. The normalized spacial score (nSPS) is 21.9. The van der Waals surface area contributed by atoms with Crippen LogP contribution in [-0.4, -0.2) is 11.0 Å². The highest BCUT2D eigenvalue weighted by Crippen LogP contribution is 2.38. The van der Waals surface area contributed by atoms with E-state index in [2.05, 4.69) is 56.4 Å². The molecule has 2 aromatic rings. The van der Waals surface area contributed by atoms with Crippen molar-refractivity contribution < 1.29 is 0 Å². The number of hydrogen-bond acceptors (Lipinski definition) is 2. The predicted octanol–water partition coefficient (Wildman–Crippen LogP) is 4.92. The number of hydrogen-bond donors (Lipinski definition) is 1. The van der Waals surface area contributed by atoms with Gasteiger partial charge in [0.2, 0.25) is 0 Å². The van der Waals surface area contributed by atoms with Crippen LogP contribution >= 0.6 is 0 Å². The van der Waals surface area contributed by atoms with Gasteiger partial charge in [-0.25, -0.2) is 0 Å². The molecule has 0 amide bonds. The monoisotopic (exact) mass is 268 g/mol. The number of nitrogens with zero attached hydrogens (tertiary/aromatic N) is 1. The maximum atomic E-state index is 4.73. The van der Waals surface area contributed by atoms with Crippen molar-refractivity contribution in [1.29, 1.82) is 0 Å². The highest BCUT2D eigenvalue weighted by atomic mass is 15.0. The molecule has 1 heterocycles. The maximum Gasteiger partial charge on any atom is 0.0936 e. The fourth-order valence-corrected chi connectivity index (χ4v) is 3.31. The van der Waals surface area contributed by atoms with Crippen LogP contribution in [0.5, 0.6) is 0 Å². The summed E-state index contributed by atoms with van der Waals surface area (Å²) < 4.78 is 0. The molecule has 2 nitrogen and oxygen atoms in total. The average Bonchev–Trinajstić information content (AvgIpc) is 2.41. The number of aryl methyl sites for hydroxylation is 1. The minimum Gasteiger partial charge on any atom is -0.380 e. The van der Waals surface area contributed by atoms with Crippen LogP contribution in [0.15, 0.2) is 30.3 Å². The molecule has 0 spiro atoms. The smallest absolute Gasteiger partial charge is 0.0936 e. The Morgan fingerprint density at radius 1 is 1.15 bits per heavy atom. The van der Waals surface area contributed by atoms with Crippen molar-refractivity contribution in [2.75, 3.05) is 5.32 Å². The molecule has 1 unspecified atom stereocenters. The van der Waals surface area contributed by atoms with Gasteiger partial charge in [0.25, 0.3) is 0 Å². The average molecular weight is 268 g/mol. The van der Waals surface area contributed by atoms with E-state index < -0.39 is 0 Å². The Morgan fingerprint density at radius 3 is 2.80 bits per heavy atom. The lowest BCUT2D eigenvalue weighted by atomic mass is 9.73. The third-order valence-electron chi connectivity index (χ3n) is 4.70. The van der Waals surface area contributed by atoms with Crippen molar-refractivity contribution in [3.05, 3.63) is 36.0 Å². The molecule has 0 saturated heterocycles. The first kappa shape index (κ1) is 13.4. The van der Waals surface area contributed by atoms with E-state index in [-0.39, 0.29) is 0 Å². The zero-order valence-electron chi connectivity index (χ0n) is 12.7. The lowest BCUT2D eigenvalue weighted by Crippen LogP contribution is -2.38. The van der Waals surface area contributed by atoms with Gasteiger partial charge in [-0.1, -0.05) is 44.9 Å². The van der Waals surface area contributed by atoms with Gasteiger partial charge in [0.15, 0.2) is 0 Å². The lowest BCUT2D eigenvalue weighted by molar-refractivity contribution is 0.217. The molecule has 1 fully saturated rings. The highest BCUT2D eigenvalue weighted by Gasteiger charge is 2.32. The number of aromatic nitrogens is 1. The molecule has 2 heteroatoms. The largest absolute Gasteiger partial charge is 0.380 e. The standard InChI is InChI=1S/C18H24N2/c1-13-10-11-14-7-6-8-15(17(14)19-13)20-16-9-4-5-12-18(16,2)3/h6-8,10-11,16,20H,4-5,9,12H2,1-3H3. The van der Waals surface area contributed by atoms with Gasteiger partial charge in [-0.3, -0.25) is 4.98 Å². The summed E-state index contributed by atoms with van der Waals surface area (Å²) in [5.74, 6) is 0. The third kappa shape index (κ3) is 2.52. The molecular formula is C18H24N2. The molecule has 3 rings (SSSR count). The molecule has 1 aliphatic rings. The molecule has 1 aromatic heterocycles. The Bertz CT molecular complexity index is 616. The number of pyridine rings is 1. The lowest BCUT2D eigenvalue weighted by Gasteiger charge is -2.39. The highest BCUT2D eigenvalue weighted by molar-refractivity contribution is 5.90. The molecule has 1 atom stereocenters. The summed E-state index contributed by atoms with van der Waals surface area (Å²) in [4.78, 5) is 4.73. The van der Waals surface area contributed by atoms with Gasteiger partial charge in [-0.2, -0.15) is 0 Å². The van der Waals surface area contributed by atoms with Gasteiger partial charge in [-0.15, -0.1) is 0 Å². The number of nitrogens with one attached hydrogen (secondary N) is 1. The van der Waals surface area contributed by atoms with Crippen molar-refractivity contribution in [3.63, 3.8) is 0 Å². The number of benzene rings is 1. The first-order valence-electron chi connectivity index (χ1n) is 7.69. The van der Waals surface area contributed by atoms with E-state index in [1.54, 1.807) is 0 Å². The summed E-state index contributed by atoms with van der Waals surface area (Å²) in [6, 6.07) is 11.2. The first-order chi connectivity index (χ1) is 9.56. The Balaban J connectivity index is 1.96. The Kier molecular flexibility index (Phi) is 3.41. The minimum absolute atomic E-state index is 0.365. The second-order valence-corrected chi connectivity index (χ2v) is 6.76. The van der Waals surface area contributed by atoms with Crippen molar-refractivity contribution in [2.24, 2.45) is 5.41 Å². The fourth-order valence-electron chi connectivity index (χ4n) is 3.31. The summed E-state index contributed by atoms with van der Waals surface area (Å²) >= 11 is 0. The summed E-state index contributed by atoms with van der Waals surface area (Å²) in [6.45, 7) is 6.82. The van der Waals surface area contributed by atoms with Crippen molar-refractivity contribution >= 4 is 16.6 Å². The van der Waals surface area contributed by atoms with Crippen molar-refractivity contribution in [3.8, 4) is 0 Å². The van der Waals surface area contributed by atoms with Crippen LogP contribution in [0, 0.1) is 12.3 Å². The van der Waals surface area contributed by atoms with E-state index in [4.69, 9.17) is 4.98 Å². The van der Waals surface area contributed by atoms with Crippen LogP contribution in [0.4, 0.5) is 5.69 Å². The van der Waals surface area contributed by atoms with Crippen LogP contribution in [0.3, 0.4) is 0 Å². The van der Waals surface area contributed by atoms with E-state index >= 15 is 0 Å². The summed E-state index contributed by atoms with van der Waals surface area (Å²) in [5.41, 5.74) is 3.74. The molecule has 1 aliphatic carbocycles. The molecule has 1 N–H and O–H groups in total. The Labute approximate surface area is 121 Å². The SMILES string of the molecule is Cc1ccc2cccc(NC3CCCCC3(C)C)c2n1. The minimum atomic E-state index is 0.365. The third-order valence-corrected chi connectivity index (χ3v) is 4.70. The van der Waals surface area contributed by atoms with E-state index in [9.17, 15) is 0 Å². The maximum absolute atomic E-state index is 4.73. The second-order valence-electron chi connectivity index (χ2n) is 6.76. The van der Waals surface area contributed by atoms with Gasteiger partial charge >= 0.3 is 0 Å². The number of fused-ring (bicyclic) bond motifs is 1. The first-order valence-corrected chi connectivity index (χ1v) is 7.69. The molecule has 1 aromatic carbocycles. The van der Waals surface area contributed by atoms with E-state index in [1.165, 1.54) is 36.8 Å². The van der Waals surface area contributed by atoms with Gasteiger partial charge in [0, 0.05) is 17.1 Å². The van der Waals surface area contributed by atoms with Gasteiger partial charge in [0.05, 0.1) is 11.2 Å². The number of rotatable bonds is 2. The summed E-state index contributed by atoms with van der Waals surface area (Å²) in [7, 11) is 0. The van der Waals surface area contributed by atoms with Crippen LogP contribution < -0.4 is 5.32 Å². The van der Waals surface area contributed by atoms with Crippen LogP contribution in [-0.2, 0) is 0 Å². The zero-order valence-corrected chi connectivity index (χ0v) is 12.7. The van der Waals surface area contributed by atoms with Crippen molar-refractivity contribution in [1.82, 2.24) is 4.98 Å². The Morgan fingerprint density at radius 2 is 2.00 bits per heavy atom. The molecule has 0 radical (unpaired) electrons. The molecule has 106 valence electrons. The molecule has 20 heavy (non-hydrogen) atoms. The Hall–Kier alpha value is -1.57.